The second-order valence-corrected chi connectivity index (χ2v) is 24.4. The van der Waals surface area contributed by atoms with Crippen molar-refractivity contribution in [3.05, 3.63) is 67.3 Å². The SMILES string of the molecule is O=C(Cc1cccs1)NC1C(=O)N2C(C(=O)[O-])=C(CSc3nnnn3CCNCS(=O)(=O)O)CS[C@H]12.O=C(Cc1cccs1)NC1C(=O)N2C(C(=O)[O-])=C(CSc3nnnn3CCNCS(=O)(=O)O)CS[C@H]12.[Na+].[Na+]. The van der Waals surface area contributed by atoms with Crippen molar-refractivity contribution in [2.45, 2.75) is 59.1 Å². The van der Waals surface area contributed by atoms with Crippen LogP contribution in [0.2, 0.25) is 0 Å². The molecule has 28 nitrogen and oxygen atoms in total. The number of aliphatic carboxylic acids is 2. The molecule has 4 aliphatic heterocycles. The molecule has 0 saturated carbocycles. The summed E-state index contributed by atoms with van der Waals surface area (Å²) < 4.78 is 63.4. The molecule has 38 heteroatoms. The van der Waals surface area contributed by atoms with E-state index in [2.05, 4.69) is 52.3 Å². The van der Waals surface area contributed by atoms with Gasteiger partial charge in [0.1, 0.15) is 34.6 Å². The summed E-state index contributed by atoms with van der Waals surface area (Å²) in [4.78, 5) is 78.1. The van der Waals surface area contributed by atoms with E-state index in [1.54, 1.807) is 0 Å². The van der Waals surface area contributed by atoms with Crippen LogP contribution in [-0.4, -0.2) is 182 Å². The molecule has 8 rings (SSSR count). The number of amides is 4. The molecule has 4 atom stereocenters. The first-order valence-corrected chi connectivity index (χ1v) is 29.8. The minimum atomic E-state index is -4.15. The number of tetrazole rings is 2. The maximum Gasteiger partial charge on any atom is 1.00 e. The van der Waals surface area contributed by atoms with Gasteiger partial charge in [0.25, 0.3) is 32.1 Å². The second kappa shape index (κ2) is 28.0. The zero-order valence-electron chi connectivity index (χ0n) is 38.8. The van der Waals surface area contributed by atoms with Gasteiger partial charge in [0.05, 0.1) is 49.3 Å². The Morgan fingerprint density at radius 2 is 1.07 bits per heavy atom. The van der Waals surface area contributed by atoms with Gasteiger partial charge in [-0.15, -0.1) is 56.4 Å². The number of carbonyl (C=O) groups is 6. The van der Waals surface area contributed by atoms with E-state index in [4.69, 9.17) is 9.11 Å². The molecule has 74 heavy (non-hydrogen) atoms. The van der Waals surface area contributed by atoms with Crippen molar-refractivity contribution < 1.29 is 124 Å². The van der Waals surface area contributed by atoms with Crippen molar-refractivity contribution >= 4 is 126 Å². The molecule has 0 spiro atoms. The van der Waals surface area contributed by atoms with Crippen LogP contribution in [0, 0.1) is 0 Å². The number of rotatable bonds is 24. The summed E-state index contributed by atoms with van der Waals surface area (Å²) in [6.45, 7) is 0.715. The Labute approximate surface area is 490 Å². The molecule has 2 unspecified atom stereocenters. The fraction of sp³-hybridized carbons (Fsp3) is 0.444. The molecule has 4 amide bonds. The van der Waals surface area contributed by atoms with E-state index >= 15 is 0 Å². The molecular formula is C36H40N14Na2O14S8. The maximum atomic E-state index is 12.8. The minimum Gasteiger partial charge on any atom is -0.543 e. The first-order valence-electron chi connectivity index (χ1n) is 20.8. The van der Waals surface area contributed by atoms with Gasteiger partial charge in [-0.25, -0.2) is 9.36 Å². The predicted molar refractivity (Wildman–Crippen MR) is 256 cm³/mol. The molecule has 2 fully saturated rings. The van der Waals surface area contributed by atoms with E-state index in [0.29, 0.717) is 33.0 Å². The summed E-state index contributed by atoms with van der Waals surface area (Å²) >= 11 is 7.86. The monoisotopic (exact) mass is 1190 g/mol. The van der Waals surface area contributed by atoms with Crippen molar-refractivity contribution in [3.8, 4) is 0 Å². The van der Waals surface area contributed by atoms with Crippen LogP contribution in [0.25, 0.3) is 0 Å². The van der Waals surface area contributed by atoms with Gasteiger partial charge in [0, 0.05) is 45.9 Å². The number of β-lactam (4-membered cyclic amide) rings is 2. The fourth-order valence-corrected chi connectivity index (χ4v) is 14.1. The molecule has 8 heterocycles. The third-order valence-electron chi connectivity index (χ3n) is 10.3. The quantitative estimate of drug-likeness (QED) is 0.0125. The number of thiophene rings is 2. The fourth-order valence-electron chi connectivity index (χ4n) is 7.11. The third-order valence-corrected chi connectivity index (χ3v) is 17.9. The van der Waals surface area contributed by atoms with E-state index in [9.17, 15) is 55.8 Å². The van der Waals surface area contributed by atoms with E-state index in [-0.39, 0.29) is 133 Å². The number of fused-ring (bicyclic) bond motifs is 2. The van der Waals surface area contributed by atoms with Crippen LogP contribution in [0.3, 0.4) is 0 Å². The van der Waals surface area contributed by atoms with Gasteiger partial charge in [0.15, 0.2) is 0 Å². The van der Waals surface area contributed by atoms with Gasteiger partial charge in [-0.05, 0) is 54.9 Å². The summed E-state index contributed by atoms with van der Waals surface area (Å²) in [6, 6.07) is 5.68. The van der Waals surface area contributed by atoms with Gasteiger partial charge in [0.2, 0.25) is 22.1 Å². The molecule has 4 aromatic heterocycles. The minimum absolute atomic E-state index is 0. The Balaban J connectivity index is 0.000000267. The molecule has 6 N–H and O–H groups in total. The second-order valence-electron chi connectivity index (χ2n) is 15.3. The smallest absolute Gasteiger partial charge is 0.543 e. The largest absolute Gasteiger partial charge is 1.00 e. The van der Waals surface area contributed by atoms with Gasteiger partial charge >= 0.3 is 59.1 Å². The molecule has 0 aromatic carbocycles. The van der Waals surface area contributed by atoms with Crippen LogP contribution in [0.4, 0.5) is 0 Å². The standard InChI is InChI=1S/2C18H21N7O7S4.2Na/c2*26-12(6-11-2-1-5-33-11)20-13-15(27)25-14(17(28)29)10(7-34-16(13)25)8-35-18-21-22-23-24(18)4-3-19-9-36(30,31)32;;/h2*1-2,5,13,16,19H,3-4,6-9H2,(H,20,26)(H,28,29)(H,30,31,32);;/q;;2*+1/p-2/t2*13?,16-;;/m11../s1. The summed E-state index contributed by atoms with van der Waals surface area (Å²) in [6.07, 6.45) is 0.286. The Morgan fingerprint density at radius 3 is 1.41 bits per heavy atom. The Hall–Kier alpha value is -3.02. The average molecular weight is 1200 g/mol. The van der Waals surface area contributed by atoms with Crippen LogP contribution >= 0.6 is 69.7 Å². The van der Waals surface area contributed by atoms with Gasteiger partial charge in [-0.3, -0.25) is 48.7 Å². The van der Waals surface area contributed by atoms with Crippen LogP contribution in [0.1, 0.15) is 9.75 Å². The summed E-state index contributed by atoms with van der Waals surface area (Å²) in [5, 5.41) is 60.2. The number of thioether (sulfide) groups is 4. The van der Waals surface area contributed by atoms with Crippen LogP contribution in [0.15, 0.2) is 67.9 Å². The first kappa shape index (κ1) is 61.8. The topological polar surface area (TPSA) is 399 Å². The van der Waals surface area contributed by atoms with Gasteiger partial charge < -0.3 is 30.4 Å². The first-order chi connectivity index (χ1) is 34.3. The number of aromatic nitrogens is 8. The van der Waals surface area contributed by atoms with Gasteiger partial charge in [-0.2, -0.15) is 16.8 Å². The number of carbonyl (C=O) groups excluding carboxylic acids is 6. The van der Waals surface area contributed by atoms with Crippen molar-refractivity contribution in [3.63, 3.8) is 0 Å². The summed E-state index contributed by atoms with van der Waals surface area (Å²) in [5.41, 5.74) is 0.483. The molecule has 2 saturated heterocycles. The number of nitrogens with zero attached hydrogens (tertiary/aromatic N) is 10. The van der Waals surface area contributed by atoms with Crippen molar-refractivity contribution in [1.29, 1.82) is 0 Å². The number of hydrogen-bond donors (Lipinski definition) is 6. The molecule has 4 aromatic rings. The van der Waals surface area contributed by atoms with Gasteiger partial charge in [-0.1, -0.05) is 35.7 Å². The predicted octanol–water partition coefficient (Wildman–Crippen LogP) is -10.2. The number of hydrogen-bond acceptors (Lipinski definition) is 26. The van der Waals surface area contributed by atoms with Crippen LogP contribution in [0.5, 0.6) is 0 Å². The zero-order chi connectivity index (χ0) is 51.7. The average Bonchev–Trinajstić information content (AvgIpc) is 4.18. The van der Waals surface area contributed by atoms with E-state index < -0.39 is 78.6 Å². The molecular weight excluding hydrogens is 1150 g/mol. The maximum absolute atomic E-state index is 12.8. The van der Waals surface area contributed by atoms with Crippen molar-refractivity contribution in [2.75, 3.05) is 47.9 Å². The number of carboxylic acids is 2. The summed E-state index contributed by atoms with van der Waals surface area (Å²) in [7, 11) is -8.30. The third kappa shape index (κ3) is 16.5. The van der Waals surface area contributed by atoms with E-state index in [1.807, 2.05) is 35.0 Å². The molecule has 0 aliphatic carbocycles. The molecule has 0 bridgehead atoms. The Morgan fingerprint density at radius 1 is 0.676 bits per heavy atom. The Kier molecular flexibility index (Phi) is 23.4. The Bertz CT molecular complexity index is 2770. The summed E-state index contributed by atoms with van der Waals surface area (Å²) in [5.74, 6) is -4.90. The normalized spacial score (nSPS) is 19.2. The van der Waals surface area contributed by atoms with Crippen LogP contribution < -0.4 is 90.6 Å². The molecule has 0 radical (unpaired) electrons. The van der Waals surface area contributed by atoms with Crippen molar-refractivity contribution in [2.24, 2.45) is 0 Å². The van der Waals surface area contributed by atoms with E-state index in [0.717, 1.165) is 43.1 Å². The van der Waals surface area contributed by atoms with Crippen molar-refractivity contribution in [1.82, 2.24) is 71.5 Å². The molecule has 388 valence electrons. The van der Waals surface area contributed by atoms with E-state index in [1.165, 1.54) is 55.6 Å². The number of nitrogens with one attached hydrogen (secondary N) is 4. The molecule has 4 aliphatic rings. The zero-order valence-corrected chi connectivity index (χ0v) is 49.3. The van der Waals surface area contributed by atoms with Crippen LogP contribution in [-0.2, 0) is 74.9 Å². The number of carboxylic acid groups (broad SMARTS) is 2.